The number of nitrogens with one attached hydrogen (secondary N) is 2. The summed E-state index contributed by atoms with van der Waals surface area (Å²) in [5.74, 6) is -0.608. The molecule has 0 spiro atoms. The maximum Gasteiger partial charge on any atom is 0.411 e. The van der Waals surface area contributed by atoms with Crippen molar-refractivity contribution < 1.29 is 19.1 Å². The van der Waals surface area contributed by atoms with Crippen LogP contribution < -0.4 is 10.6 Å². The average molecular weight is 586 g/mol. The first-order chi connectivity index (χ1) is 20.4. The molecule has 0 fully saturated rings. The van der Waals surface area contributed by atoms with E-state index in [1.165, 1.54) is 24.2 Å². The molecule has 1 aliphatic heterocycles. The first-order valence-electron chi connectivity index (χ1n) is 13.2. The number of carbonyl (C=O) groups is 3. The van der Waals surface area contributed by atoms with Gasteiger partial charge in [-0.2, -0.15) is 4.68 Å². The van der Waals surface area contributed by atoms with Crippen molar-refractivity contribution in [2.24, 2.45) is 0 Å². The Balaban J connectivity index is 1.32. The van der Waals surface area contributed by atoms with Crippen LogP contribution in [0.4, 0.5) is 10.5 Å². The van der Waals surface area contributed by atoms with Crippen molar-refractivity contribution in [3.63, 3.8) is 0 Å². The third-order valence-electron chi connectivity index (χ3n) is 6.86. The van der Waals surface area contributed by atoms with Gasteiger partial charge in [-0.05, 0) is 69.9 Å². The molecule has 0 saturated heterocycles. The molecule has 3 amide bonds. The highest BCUT2D eigenvalue weighted by Gasteiger charge is 2.28. The zero-order valence-electron chi connectivity index (χ0n) is 22.7. The molecule has 0 bridgehead atoms. The van der Waals surface area contributed by atoms with Crippen molar-refractivity contribution in [1.29, 1.82) is 0 Å². The third-order valence-corrected chi connectivity index (χ3v) is 7.09. The standard InChI is InChI=1S/C30H28ClN7O4/c1-42-30(41)33-25-10-7-23-18-37(14-13-21(23)17-25)29(40)26(15-20-5-3-2-4-6-20)34-28(39)12-8-22-16-24(31)9-11-27(22)38-19-32-35-36-38/h2-12,16-17,19,26H,13-15,18H2,1H3,(H,33,41)(H,34,39). The van der Waals surface area contributed by atoms with Crippen molar-refractivity contribution in [3.8, 4) is 5.69 Å². The summed E-state index contributed by atoms with van der Waals surface area (Å²) in [6, 6.07) is 19.5. The van der Waals surface area contributed by atoms with Gasteiger partial charge in [0.1, 0.15) is 12.4 Å². The van der Waals surface area contributed by atoms with E-state index in [4.69, 9.17) is 11.6 Å². The number of nitrogens with zero attached hydrogens (tertiary/aromatic N) is 5. The highest BCUT2D eigenvalue weighted by Crippen LogP contribution is 2.24. The lowest BCUT2D eigenvalue weighted by molar-refractivity contribution is -0.136. The molecule has 0 radical (unpaired) electrons. The van der Waals surface area contributed by atoms with E-state index >= 15 is 0 Å². The summed E-state index contributed by atoms with van der Waals surface area (Å²) in [7, 11) is 1.31. The van der Waals surface area contributed by atoms with Gasteiger partial charge in [-0.1, -0.05) is 48.0 Å². The topological polar surface area (TPSA) is 131 Å². The van der Waals surface area contributed by atoms with Crippen molar-refractivity contribution in [1.82, 2.24) is 30.4 Å². The molecule has 3 aromatic carbocycles. The van der Waals surface area contributed by atoms with Gasteiger partial charge >= 0.3 is 6.09 Å². The van der Waals surface area contributed by atoms with E-state index in [2.05, 4.69) is 30.9 Å². The molecular formula is C30H28ClN7O4. The summed E-state index contributed by atoms with van der Waals surface area (Å²) in [5.41, 5.74) is 4.84. The second-order valence-corrected chi connectivity index (χ2v) is 10.1. The molecule has 1 atom stereocenters. The number of ether oxygens (including phenoxy) is 1. The molecule has 5 rings (SSSR count). The molecule has 1 unspecified atom stereocenters. The Morgan fingerprint density at radius 2 is 1.90 bits per heavy atom. The van der Waals surface area contributed by atoms with Gasteiger partial charge in [-0.25, -0.2) is 4.79 Å². The van der Waals surface area contributed by atoms with Crippen LogP contribution in [0.1, 0.15) is 22.3 Å². The number of methoxy groups -OCH3 is 1. The Kier molecular flexibility index (Phi) is 8.88. The fraction of sp³-hybridized carbons (Fsp3) is 0.200. The van der Waals surface area contributed by atoms with Gasteiger partial charge in [0.05, 0.1) is 12.8 Å². The molecule has 214 valence electrons. The Morgan fingerprint density at radius 3 is 2.67 bits per heavy atom. The van der Waals surface area contributed by atoms with Crippen LogP contribution in [0.3, 0.4) is 0 Å². The Labute approximate surface area is 247 Å². The molecule has 2 N–H and O–H groups in total. The van der Waals surface area contributed by atoms with Crippen LogP contribution in [0.5, 0.6) is 0 Å². The van der Waals surface area contributed by atoms with Gasteiger partial charge < -0.3 is 15.0 Å². The molecule has 2 heterocycles. The molecule has 4 aromatic rings. The van der Waals surface area contributed by atoms with Crippen LogP contribution in [0, 0.1) is 0 Å². The number of anilines is 1. The maximum absolute atomic E-state index is 13.8. The fourth-order valence-corrected chi connectivity index (χ4v) is 4.96. The number of aromatic nitrogens is 4. The molecule has 1 aliphatic rings. The third kappa shape index (κ3) is 6.99. The quantitative estimate of drug-likeness (QED) is 0.301. The maximum atomic E-state index is 13.8. The van der Waals surface area contributed by atoms with Gasteiger partial charge in [0.25, 0.3) is 0 Å². The van der Waals surface area contributed by atoms with E-state index in [1.807, 2.05) is 42.5 Å². The molecule has 12 heteroatoms. The van der Waals surface area contributed by atoms with Crippen molar-refractivity contribution >= 4 is 41.3 Å². The summed E-state index contributed by atoms with van der Waals surface area (Å²) in [6.07, 6.45) is 4.82. The van der Waals surface area contributed by atoms with Crippen LogP contribution in [0.25, 0.3) is 11.8 Å². The summed E-state index contributed by atoms with van der Waals surface area (Å²) < 4.78 is 6.14. The predicted molar refractivity (Wildman–Crippen MR) is 157 cm³/mol. The second-order valence-electron chi connectivity index (χ2n) is 9.65. The molecule has 0 aliphatic carbocycles. The van der Waals surface area contributed by atoms with Crippen LogP contribution >= 0.6 is 11.6 Å². The molecular weight excluding hydrogens is 558 g/mol. The van der Waals surface area contributed by atoms with Crippen LogP contribution in [-0.2, 0) is 33.7 Å². The first kappa shape index (κ1) is 28.5. The van der Waals surface area contributed by atoms with E-state index < -0.39 is 18.0 Å². The van der Waals surface area contributed by atoms with Crippen molar-refractivity contribution in [2.75, 3.05) is 19.0 Å². The largest absolute Gasteiger partial charge is 0.453 e. The monoisotopic (exact) mass is 585 g/mol. The van der Waals surface area contributed by atoms with Crippen molar-refractivity contribution in [3.05, 3.63) is 106 Å². The lowest BCUT2D eigenvalue weighted by Crippen LogP contribution is -2.50. The lowest BCUT2D eigenvalue weighted by atomic mass is 9.97. The molecule has 0 saturated carbocycles. The highest BCUT2D eigenvalue weighted by molar-refractivity contribution is 6.30. The summed E-state index contributed by atoms with van der Waals surface area (Å²) in [6.45, 7) is 0.865. The van der Waals surface area contributed by atoms with E-state index in [0.717, 1.165) is 16.7 Å². The van der Waals surface area contributed by atoms with Crippen LogP contribution in [-0.4, -0.2) is 62.7 Å². The van der Waals surface area contributed by atoms with Gasteiger partial charge in [0.2, 0.25) is 11.8 Å². The number of amides is 3. The Hall–Kier alpha value is -5.03. The molecule has 42 heavy (non-hydrogen) atoms. The van der Waals surface area contributed by atoms with E-state index in [1.54, 1.807) is 35.2 Å². The minimum Gasteiger partial charge on any atom is -0.453 e. The van der Waals surface area contributed by atoms with E-state index in [0.29, 0.717) is 47.9 Å². The van der Waals surface area contributed by atoms with Gasteiger partial charge in [0, 0.05) is 41.9 Å². The predicted octanol–water partition coefficient (Wildman–Crippen LogP) is 3.82. The van der Waals surface area contributed by atoms with Crippen molar-refractivity contribution in [2.45, 2.75) is 25.4 Å². The number of halogens is 1. The average Bonchev–Trinajstić information content (AvgIpc) is 3.54. The molecule has 11 nitrogen and oxygen atoms in total. The number of hydrogen-bond acceptors (Lipinski definition) is 7. The number of benzene rings is 3. The molecule has 1 aromatic heterocycles. The highest BCUT2D eigenvalue weighted by atomic mass is 35.5. The van der Waals surface area contributed by atoms with Crippen LogP contribution in [0.15, 0.2) is 79.1 Å². The fourth-order valence-electron chi connectivity index (χ4n) is 4.78. The summed E-state index contributed by atoms with van der Waals surface area (Å²) in [5, 5.41) is 17.3. The van der Waals surface area contributed by atoms with Gasteiger partial charge in [0.15, 0.2) is 0 Å². The SMILES string of the molecule is COC(=O)Nc1ccc2c(c1)CCN(C(=O)C(Cc1ccccc1)NC(=O)C=Cc1cc(Cl)ccc1-n1cnnn1)C2. The van der Waals surface area contributed by atoms with Gasteiger partial charge in [-0.15, -0.1) is 5.10 Å². The zero-order valence-corrected chi connectivity index (χ0v) is 23.5. The number of carbonyl (C=O) groups excluding carboxylic acids is 3. The first-order valence-corrected chi connectivity index (χ1v) is 13.6. The normalized spacial score (nSPS) is 13.3. The number of fused-ring (bicyclic) bond motifs is 1. The lowest BCUT2D eigenvalue weighted by Gasteiger charge is -2.32. The second kappa shape index (κ2) is 13.1. The Morgan fingerprint density at radius 1 is 1.07 bits per heavy atom. The minimum atomic E-state index is -0.787. The van der Waals surface area contributed by atoms with Gasteiger partial charge in [-0.3, -0.25) is 14.9 Å². The minimum absolute atomic E-state index is 0.180. The number of hydrogen-bond donors (Lipinski definition) is 2. The van der Waals surface area contributed by atoms with E-state index in [-0.39, 0.29) is 5.91 Å². The zero-order chi connectivity index (χ0) is 29.5. The van der Waals surface area contributed by atoms with E-state index in [9.17, 15) is 14.4 Å². The van der Waals surface area contributed by atoms with Crippen LogP contribution in [0.2, 0.25) is 5.02 Å². The number of rotatable bonds is 8. The smallest absolute Gasteiger partial charge is 0.411 e. The summed E-state index contributed by atoms with van der Waals surface area (Å²) >= 11 is 6.20. The number of tetrazole rings is 1. The summed E-state index contributed by atoms with van der Waals surface area (Å²) in [4.78, 5) is 40.3. The Bertz CT molecular complexity index is 1610.